The van der Waals surface area contributed by atoms with Crippen LogP contribution in [0.5, 0.6) is 0 Å². The monoisotopic (exact) mass is 373 g/mol. The Morgan fingerprint density at radius 2 is 1.88 bits per heavy atom. The minimum Gasteiger partial charge on any atom is -0.440 e. The fourth-order valence-electron chi connectivity index (χ4n) is 2.69. The highest BCUT2D eigenvalue weighted by molar-refractivity contribution is 7.89. The van der Waals surface area contributed by atoms with E-state index in [1.807, 2.05) is 0 Å². The molecule has 8 nitrogen and oxygen atoms in total. The van der Waals surface area contributed by atoms with E-state index in [1.165, 1.54) is 21.3 Å². The van der Waals surface area contributed by atoms with Crippen LogP contribution >= 0.6 is 11.6 Å². The minimum atomic E-state index is -3.70. The summed E-state index contributed by atoms with van der Waals surface area (Å²) in [7, 11) is -3.70. The van der Waals surface area contributed by atoms with Crippen LogP contribution in [0, 0.1) is 13.8 Å². The molecule has 0 saturated carbocycles. The molecular formula is C14H16ClN3O5S. The maximum Gasteiger partial charge on any atom is 0.289 e. The fourth-order valence-corrected chi connectivity index (χ4v) is 4.55. The average molecular weight is 374 g/mol. The van der Waals surface area contributed by atoms with Crippen molar-refractivity contribution in [2.24, 2.45) is 0 Å². The van der Waals surface area contributed by atoms with Crippen molar-refractivity contribution < 1.29 is 22.2 Å². The Morgan fingerprint density at radius 3 is 2.38 bits per heavy atom. The third-order valence-corrected chi connectivity index (χ3v) is 6.22. The van der Waals surface area contributed by atoms with Crippen molar-refractivity contribution in [2.75, 3.05) is 26.2 Å². The van der Waals surface area contributed by atoms with E-state index in [2.05, 4.69) is 5.16 Å². The number of hydrogen-bond donors (Lipinski definition) is 0. The lowest BCUT2D eigenvalue weighted by molar-refractivity contribution is 0.0666. The van der Waals surface area contributed by atoms with Crippen LogP contribution in [0.15, 0.2) is 26.0 Å². The highest BCUT2D eigenvalue weighted by atomic mass is 35.5. The summed E-state index contributed by atoms with van der Waals surface area (Å²) >= 11 is 5.67. The van der Waals surface area contributed by atoms with Crippen molar-refractivity contribution in [2.45, 2.75) is 18.7 Å². The van der Waals surface area contributed by atoms with Crippen LogP contribution in [-0.2, 0) is 10.0 Å². The van der Waals surface area contributed by atoms with Gasteiger partial charge in [0.2, 0.25) is 10.0 Å². The van der Waals surface area contributed by atoms with Gasteiger partial charge in [0.15, 0.2) is 16.7 Å². The summed E-state index contributed by atoms with van der Waals surface area (Å²) in [5.41, 5.74) is 0.330. The molecule has 130 valence electrons. The van der Waals surface area contributed by atoms with E-state index in [-0.39, 0.29) is 53.7 Å². The van der Waals surface area contributed by atoms with Gasteiger partial charge in [-0.25, -0.2) is 8.42 Å². The molecule has 1 fully saturated rings. The van der Waals surface area contributed by atoms with E-state index in [1.54, 1.807) is 13.8 Å². The van der Waals surface area contributed by atoms with Crippen molar-refractivity contribution in [3.63, 3.8) is 0 Å². The molecule has 0 bridgehead atoms. The number of nitrogens with zero attached hydrogens (tertiary/aromatic N) is 3. The third-order valence-electron chi connectivity index (χ3n) is 3.88. The molecule has 3 heterocycles. The van der Waals surface area contributed by atoms with E-state index >= 15 is 0 Å². The van der Waals surface area contributed by atoms with Gasteiger partial charge in [-0.1, -0.05) is 5.16 Å². The maximum atomic E-state index is 12.7. The smallest absolute Gasteiger partial charge is 0.289 e. The predicted molar refractivity (Wildman–Crippen MR) is 84.4 cm³/mol. The molecule has 2 aromatic heterocycles. The molecule has 1 aliphatic rings. The molecule has 0 radical (unpaired) electrons. The fraction of sp³-hybridized carbons (Fsp3) is 0.429. The third kappa shape index (κ3) is 2.94. The van der Waals surface area contributed by atoms with Crippen LogP contribution in [0.4, 0.5) is 0 Å². The summed E-state index contributed by atoms with van der Waals surface area (Å²) < 4.78 is 36.8. The molecule has 1 saturated heterocycles. The Kier molecular flexibility index (Phi) is 4.41. The Bertz CT molecular complexity index is 845. The zero-order valence-electron chi connectivity index (χ0n) is 13.2. The number of halogens is 1. The van der Waals surface area contributed by atoms with E-state index in [0.29, 0.717) is 5.69 Å². The molecule has 3 rings (SSSR count). The Morgan fingerprint density at radius 1 is 1.21 bits per heavy atom. The number of carbonyl (C=O) groups excluding carboxylic acids is 1. The largest absolute Gasteiger partial charge is 0.440 e. The average Bonchev–Trinajstić information content (AvgIpc) is 3.12. The topological polar surface area (TPSA) is 96.9 Å². The highest BCUT2D eigenvalue weighted by Gasteiger charge is 2.34. The summed E-state index contributed by atoms with van der Waals surface area (Å²) in [5.74, 6) is 0.0922. The van der Waals surface area contributed by atoms with Gasteiger partial charge in [-0.15, -0.1) is 0 Å². The van der Waals surface area contributed by atoms with Gasteiger partial charge in [0.1, 0.15) is 10.6 Å². The summed E-state index contributed by atoms with van der Waals surface area (Å²) in [4.78, 5) is 13.9. The number of rotatable bonds is 3. The summed E-state index contributed by atoms with van der Waals surface area (Å²) in [6, 6.07) is 2.99. The van der Waals surface area contributed by atoms with Crippen molar-refractivity contribution >= 4 is 27.5 Å². The number of amides is 1. The number of carbonyl (C=O) groups is 1. The van der Waals surface area contributed by atoms with Gasteiger partial charge in [0, 0.05) is 26.2 Å². The first-order valence-electron chi connectivity index (χ1n) is 7.28. The van der Waals surface area contributed by atoms with E-state index in [9.17, 15) is 13.2 Å². The molecule has 0 spiro atoms. The van der Waals surface area contributed by atoms with Gasteiger partial charge in [0.05, 0.1) is 0 Å². The molecule has 0 atom stereocenters. The molecule has 0 aromatic carbocycles. The molecule has 0 N–H and O–H groups in total. The van der Waals surface area contributed by atoms with Gasteiger partial charge in [-0.3, -0.25) is 4.79 Å². The molecule has 2 aromatic rings. The first kappa shape index (κ1) is 17.0. The molecule has 0 unspecified atom stereocenters. The predicted octanol–water partition coefficient (Wildman–Crippen LogP) is 1.68. The summed E-state index contributed by atoms with van der Waals surface area (Å²) in [6.07, 6.45) is 0. The number of sulfonamides is 1. The standard InChI is InChI=1S/C14H16ClN3O5S/c1-9-13(10(2)23-16-9)24(20,21)18-7-5-17(6-8-18)14(19)11-3-4-12(15)22-11/h3-4H,5-8H2,1-2H3. The van der Waals surface area contributed by atoms with E-state index < -0.39 is 10.0 Å². The van der Waals surface area contributed by atoms with Gasteiger partial charge in [-0.05, 0) is 37.6 Å². The second-order valence-electron chi connectivity index (χ2n) is 5.45. The van der Waals surface area contributed by atoms with Gasteiger partial charge >= 0.3 is 0 Å². The number of hydrogen-bond acceptors (Lipinski definition) is 6. The van der Waals surface area contributed by atoms with E-state index in [0.717, 1.165) is 0 Å². The first-order valence-corrected chi connectivity index (χ1v) is 9.10. The number of aromatic nitrogens is 1. The van der Waals surface area contributed by atoms with Crippen molar-refractivity contribution in [3.05, 3.63) is 34.6 Å². The van der Waals surface area contributed by atoms with Crippen LogP contribution in [0.25, 0.3) is 0 Å². The molecule has 1 aliphatic heterocycles. The Hall–Kier alpha value is -1.84. The molecule has 10 heteroatoms. The summed E-state index contributed by atoms with van der Waals surface area (Å²) in [5, 5.41) is 3.83. The van der Waals surface area contributed by atoms with Gasteiger partial charge in [-0.2, -0.15) is 4.31 Å². The van der Waals surface area contributed by atoms with Crippen LogP contribution in [0.2, 0.25) is 5.22 Å². The number of piperazine rings is 1. The Labute approximate surface area is 144 Å². The Balaban J connectivity index is 1.72. The molecule has 24 heavy (non-hydrogen) atoms. The first-order chi connectivity index (χ1) is 11.3. The summed E-state index contributed by atoms with van der Waals surface area (Å²) in [6.45, 7) is 4.05. The van der Waals surface area contributed by atoms with Crippen LogP contribution in [0.3, 0.4) is 0 Å². The number of aryl methyl sites for hydroxylation is 2. The molecule has 1 amide bonds. The van der Waals surface area contributed by atoms with Crippen LogP contribution < -0.4 is 0 Å². The SMILES string of the molecule is Cc1noc(C)c1S(=O)(=O)N1CCN(C(=O)c2ccc(Cl)o2)CC1. The maximum absolute atomic E-state index is 12.7. The van der Waals surface area contributed by atoms with Crippen molar-refractivity contribution in [1.29, 1.82) is 0 Å². The number of furan rings is 1. The second kappa shape index (κ2) is 6.23. The van der Waals surface area contributed by atoms with Gasteiger partial charge < -0.3 is 13.8 Å². The lowest BCUT2D eigenvalue weighted by Crippen LogP contribution is -2.50. The lowest BCUT2D eigenvalue weighted by Gasteiger charge is -2.33. The van der Waals surface area contributed by atoms with Gasteiger partial charge in [0.25, 0.3) is 5.91 Å². The highest BCUT2D eigenvalue weighted by Crippen LogP contribution is 2.24. The van der Waals surface area contributed by atoms with E-state index in [4.69, 9.17) is 20.5 Å². The molecular weight excluding hydrogens is 358 g/mol. The van der Waals surface area contributed by atoms with Crippen molar-refractivity contribution in [3.8, 4) is 0 Å². The zero-order chi connectivity index (χ0) is 17.5. The lowest BCUT2D eigenvalue weighted by atomic mass is 10.3. The zero-order valence-corrected chi connectivity index (χ0v) is 14.7. The molecule has 0 aliphatic carbocycles. The second-order valence-corrected chi connectivity index (χ2v) is 7.70. The quantitative estimate of drug-likeness (QED) is 0.812. The minimum absolute atomic E-state index is 0.0973. The van der Waals surface area contributed by atoms with Crippen LogP contribution in [0.1, 0.15) is 22.0 Å². The van der Waals surface area contributed by atoms with Crippen LogP contribution in [-0.4, -0.2) is 54.9 Å². The normalized spacial score (nSPS) is 16.5. The van der Waals surface area contributed by atoms with Crippen molar-refractivity contribution in [1.82, 2.24) is 14.4 Å².